The van der Waals surface area contributed by atoms with Crippen molar-refractivity contribution in [2.45, 2.75) is 20.3 Å². The Kier molecular flexibility index (Phi) is 4.85. The number of hydrogen-bond acceptors (Lipinski definition) is 6. The van der Waals surface area contributed by atoms with Crippen LogP contribution in [0.5, 0.6) is 0 Å². The largest absolute Gasteiger partial charge is 0.359 e. The molecule has 0 bridgehead atoms. The van der Waals surface area contributed by atoms with Gasteiger partial charge in [-0.1, -0.05) is 13.8 Å². The fraction of sp³-hybridized carbons (Fsp3) is 0.545. The van der Waals surface area contributed by atoms with Gasteiger partial charge in [-0.15, -0.1) is 0 Å². The highest BCUT2D eigenvalue weighted by Crippen LogP contribution is 2.22. The summed E-state index contributed by atoms with van der Waals surface area (Å²) in [6, 6.07) is 2.75. The van der Waals surface area contributed by atoms with Crippen LogP contribution in [0.1, 0.15) is 20.3 Å². The van der Waals surface area contributed by atoms with Crippen LogP contribution in [0.15, 0.2) is 12.1 Å². The van der Waals surface area contributed by atoms with Crippen LogP contribution in [0.3, 0.4) is 0 Å². The molecule has 0 spiro atoms. The number of nitrogens with two attached hydrogens (primary N) is 1. The molecule has 0 aromatic carbocycles. The Morgan fingerprint density at radius 2 is 2.22 bits per heavy atom. The Morgan fingerprint density at radius 1 is 1.56 bits per heavy atom. The highest BCUT2D eigenvalue weighted by atomic mass is 16.6. The second-order valence-electron chi connectivity index (χ2n) is 4.57. The van der Waals surface area contributed by atoms with Gasteiger partial charge in [0.05, 0.1) is 17.1 Å². The molecular formula is C11H19N5O2. The first-order valence-corrected chi connectivity index (χ1v) is 5.78. The van der Waals surface area contributed by atoms with Gasteiger partial charge in [0, 0.05) is 13.6 Å². The molecule has 0 aliphatic carbocycles. The van der Waals surface area contributed by atoms with Crippen LogP contribution in [0.25, 0.3) is 0 Å². The molecule has 0 radical (unpaired) electrons. The van der Waals surface area contributed by atoms with Gasteiger partial charge < -0.3 is 10.3 Å². The maximum Gasteiger partial charge on any atom is 0.276 e. The molecule has 1 aromatic heterocycles. The summed E-state index contributed by atoms with van der Waals surface area (Å²) in [6.45, 7) is 5.04. The van der Waals surface area contributed by atoms with E-state index >= 15 is 0 Å². The third-order valence-electron chi connectivity index (χ3n) is 2.59. The summed E-state index contributed by atoms with van der Waals surface area (Å²) in [6.07, 6.45) is 0.992. The van der Waals surface area contributed by atoms with E-state index in [0.717, 1.165) is 13.0 Å². The van der Waals surface area contributed by atoms with Crippen molar-refractivity contribution >= 4 is 17.3 Å². The SMILES string of the molecule is CC(C)CCN(C)c1cc([N+](=O)[O-])cc(NN)n1. The van der Waals surface area contributed by atoms with Gasteiger partial charge in [-0.3, -0.25) is 10.1 Å². The Labute approximate surface area is 106 Å². The average Bonchev–Trinajstić information content (AvgIpc) is 2.35. The lowest BCUT2D eigenvalue weighted by Gasteiger charge is -2.19. The van der Waals surface area contributed by atoms with Crippen LogP contribution in [0.4, 0.5) is 17.3 Å². The molecule has 0 amide bonds. The van der Waals surface area contributed by atoms with Crippen molar-refractivity contribution in [2.24, 2.45) is 11.8 Å². The molecule has 100 valence electrons. The third-order valence-corrected chi connectivity index (χ3v) is 2.59. The van der Waals surface area contributed by atoms with E-state index in [2.05, 4.69) is 24.3 Å². The van der Waals surface area contributed by atoms with E-state index in [1.54, 1.807) is 0 Å². The van der Waals surface area contributed by atoms with E-state index in [4.69, 9.17) is 5.84 Å². The standard InChI is InChI=1S/C11H19N5O2/c1-8(2)4-5-15(3)11-7-9(16(17)18)6-10(13-11)14-12/h6-8H,4-5,12H2,1-3H3,(H,13,14). The van der Waals surface area contributed by atoms with Gasteiger partial charge in [-0.05, 0) is 12.3 Å². The van der Waals surface area contributed by atoms with Gasteiger partial charge in [-0.25, -0.2) is 10.8 Å². The molecule has 1 heterocycles. The Balaban J connectivity index is 2.93. The zero-order valence-corrected chi connectivity index (χ0v) is 10.9. The number of rotatable bonds is 6. The number of hydrazine groups is 1. The van der Waals surface area contributed by atoms with Gasteiger partial charge in [0.15, 0.2) is 0 Å². The minimum Gasteiger partial charge on any atom is -0.359 e. The molecule has 0 saturated carbocycles. The number of pyridine rings is 1. The van der Waals surface area contributed by atoms with Crippen LogP contribution < -0.4 is 16.2 Å². The average molecular weight is 253 g/mol. The predicted octanol–water partition coefficient (Wildman–Crippen LogP) is 1.76. The normalized spacial score (nSPS) is 10.5. The van der Waals surface area contributed by atoms with Crippen molar-refractivity contribution < 1.29 is 4.92 Å². The number of anilines is 2. The highest BCUT2D eigenvalue weighted by molar-refractivity contribution is 5.55. The molecule has 18 heavy (non-hydrogen) atoms. The summed E-state index contributed by atoms with van der Waals surface area (Å²) >= 11 is 0. The Hall–Kier alpha value is -1.89. The number of nitrogen functional groups attached to an aromatic ring is 1. The van der Waals surface area contributed by atoms with E-state index in [1.807, 2.05) is 11.9 Å². The van der Waals surface area contributed by atoms with E-state index in [9.17, 15) is 10.1 Å². The number of nitrogens with zero attached hydrogens (tertiary/aromatic N) is 3. The van der Waals surface area contributed by atoms with Gasteiger partial charge >= 0.3 is 0 Å². The predicted molar refractivity (Wildman–Crippen MR) is 71.4 cm³/mol. The second kappa shape index (κ2) is 6.15. The maximum absolute atomic E-state index is 10.8. The molecule has 7 heteroatoms. The quantitative estimate of drug-likeness (QED) is 0.455. The number of nitro groups is 1. The number of hydrogen-bond donors (Lipinski definition) is 2. The van der Waals surface area contributed by atoms with Crippen molar-refractivity contribution in [2.75, 3.05) is 23.9 Å². The Morgan fingerprint density at radius 3 is 2.72 bits per heavy atom. The van der Waals surface area contributed by atoms with E-state index in [1.165, 1.54) is 12.1 Å². The summed E-state index contributed by atoms with van der Waals surface area (Å²) < 4.78 is 0. The third kappa shape index (κ3) is 3.85. The minimum absolute atomic E-state index is 0.0238. The van der Waals surface area contributed by atoms with Gasteiger partial charge in [0.25, 0.3) is 5.69 Å². The first-order valence-electron chi connectivity index (χ1n) is 5.78. The van der Waals surface area contributed by atoms with Crippen LogP contribution in [-0.4, -0.2) is 23.5 Å². The molecule has 0 atom stereocenters. The summed E-state index contributed by atoms with van der Waals surface area (Å²) in [7, 11) is 1.86. The fourth-order valence-electron chi connectivity index (χ4n) is 1.44. The number of aromatic nitrogens is 1. The summed E-state index contributed by atoms with van der Waals surface area (Å²) in [5.41, 5.74) is 2.32. The van der Waals surface area contributed by atoms with Crippen molar-refractivity contribution in [3.8, 4) is 0 Å². The Bertz CT molecular complexity index is 422. The second-order valence-corrected chi connectivity index (χ2v) is 4.57. The van der Waals surface area contributed by atoms with E-state index < -0.39 is 4.92 Å². The fourth-order valence-corrected chi connectivity index (χ4v) is 1.44. The lowest BCUT2D eigenvalue weighted by Crippen LogP contribution is -2.22. The van der Waals surface area contributed by atoms with Crippen LogP contribution in [0.2, 0.25) is 0 Å². The summed E-state index contributed by atoms with van der Waals surface area (Å²) in [5.74, 6) is 6.65. The smallest absolute Gasteiger partial charge is 0.276 e. The van der Waals surface area contributed by atoms with E-state index in [-0.39, 0.29) is 11.5 Å². The minimum atomic E-state index is -0.456. The van der Waals surface area contributed by atoms with Crippen LogP contribution in [-0.2, 0) is 0 Å². The van der Waals surface area contributed by atoms with Crippen molar-refractivity contribution in [3.05, 3.63) is 22.2 Å². The summed E-state index contributed by atoms with van der Waals surface area (Å²) in [5, 5.41) is 10.8. The van der Waals surface area contributed by atoms with Crippen molar-refractivity contribution in [1.29, 1.82) is 0 Å². The summed E-state index contributed by atoms with van der Waals surface area (Å²) in [4.78, 5) is 16.4. The molecule has 1 aromatic rings. The molecule has 7 nitrogen and oxygen atoms in total. The van der Waals surface area contributed by atoms with Gasteiger partial charge in [-0.2, -0.15) is 0 Å². The topological polar surface area (TPSA) is 97.3 Å². The van der Waals surface area contributed by atoms with Crippen molar-refractivity contribution in [1.82, 2.24) is 4.98 Å². The van der Waals surface area contributed by atoms with Crippen molar-refractivity contribution in [3.63, 3.8) is 0 Å². The molecule has 3 N–H and O–H groups in total. The maximum atomic E-state index is 10.8. The molecular weight excluding hydrogens is 234 g/mol. The molecule has 0 aliphatic heterocycles. The first kappa shape index (κ1) is 14.2. The molecule has 0 fully saturated rings. The molecule has 0 unspecified atom stereocenters. The van der Waals surface area contributed by atoms with Crippen LogP contribution >= 0.6 is 0 Å². The van der Waals surface area contributed by atoms with Crippen LogP contribution in [0, 0.1) is 16.0 Å². The first-order chi connectivity index (χ1) is 8.43. The lowest BCUT2D eigenvalue weighted by atomic mass is 10.1. The monoisotopic (exact) mass is 253 g/mol. The molecule has 0 aliphatic rings. The van der Waals surface area contributed by atoms with Gasteiger partial charge in [0.2, 0.25) is 0 Å². The number of nitrogens with one attached hydrogen (secondary N) is 1. The van der Waals surface area contributed by atoms with E-state index in [0.29, 0.717) is 11.7 Å². The zero-order chi connectivity index (χ0) is 13.7. The lowest BCUT2D eigenvalue weighted by molar-refractivity contribution is -0.384. The molecule has 1 rings (SSSR count). The highest BCUT2D eigenvalue weighted by Gasteiger charge is 2.13. The zero-order valence-electron chi connectivity index (χ0n) is 10.9. The molecule has 0 saturated heterocycles. The van der Waals surface area contributed by atoms with Gasteiger partial charge in [0.1, 0.15) is 11.6 Å².